The Morgan fingerprint density at radius 1 is 0.929 bits per heavy atom. The summed E-state index contributed by atoms with van der Waals surface area (Å²) in [4.78, 5) is 31.0. The summed E-state index contributed by atoms with van der Waals surface area (Å²) in [6.07, 6.45) is 1.58. The summed E-state index contributed by atoms with van der Waals surface area (Å²) in [5.41, 5.74) is -0.840. The summed E-state index contributed by atoms with van der Waals surface area (Å²) < 4.78 is 0. The fourth-order valence-electron chi connectivity index (χ4n) is 0.567. The van der Waals surface area contributed by atoms with Crippen molar-refractivity contribution in [2.24, 2.45) is 0 Å². The van der Waals surface area contributed by atoms with Gasteiger partial charge in [0.1, 0.15) is 5.57 Å². The Morgan fingerprint density at radius 2 is 1.43 bits per heavy atom. The fraction of sp³-hybridized carbons (Fsp3) is 0.125. The molecule has 0 atom stereocenters. The van der Waals surface area contributed by atoms with Crippen LogP contribution in [-0.2, 0) is 14.4 Å². The van der Waals surface area contributed by atoms with Crippen LogP contribution in [0.5, 0.6) is 0 Å². The van der Waals surface area contributed by atoms with Crippen molar-refractivity contribution in [2.75, 3.05) is 0 Å². The average Bonchev–Trinajstić information content (AvgIpc) is 2.02. The van der Waals surface area contributed by atoms with E-state index in [1.807, 2.05) is 0 Å². The standard InChI is InChI=1S/C8H8O6/c1-4(9)2-3-5(7(11)12)6(10)8(13)14/h2-3,10H,1H3,(H,11,12)(H,13,14)/b3-2+,6-5+. The number of hydrogen-bond acceptors (Lipinski definition) is 4. The van der Waals surface area contributed by atoms with Crippen LogP contribution in [0.1, 0.15) is 6.92 Å². The fourth-order valence-corrected chi connectivity index (χ4v) is 0.567. The van der Waals surface area contributed by atoms with Crippen molar-refractivity contribution in [1.29, 1.82) is 0 Å². The molecule has 0 aliphatic rings. The van der Waals surface area contributed by atoms with Gasteiger partial charge in [-0.05, 0) is 19.1 Å². The smallest absolute Gasteiger partial charge is 0.371 e. The first-order valence-electron chi connectivity index (χ1n) is 3.44. The molecule has 0 fully saturated rings. The average molecular weight is 200 g/mol. The van der Waals surface area contributed by atoms with Crippen LogP contribution in [0.3, 0.4) is 0 Å². The monoisotopic (exact) mass is 200 g/mol. The maximum Gasteiger partial charge on any atom is 0.371 e. The molecule has 0 aliphatic carbocycles. The minimum absolute atomic E-state index is 0.457. The molecule has 6 nitrogen and oxygen atoms in total. The molecule has 0 radical (unpaired) electrons. The van der Waals surface area contributed by atoms with E-state index in [9.17, 15) is 14.4 Å². The van der Waals surface area contributed by atoms with E-state index in [0.29, 0.717) is 0 Å². The molecule has 6 heteroatoms. The van der Waals surface area contributed by atoms with E-state index >= 15 is 0 Å². The summed E-state index contributed by atoms with van der Waals surface area (Å²) in [6, 6.07) is 0. The van der Waals surface area contributed by atoms with Crippen molar-refractivity contribution in [1.82, 2.24) is 0 Å². The van der Waals surface area contributed by atoms with Gasteiger partial charge in [0, 0.05) is 0 Å². The second kappa shape index (κ2) is 4.80. The minimum Gasteiger partial charge on any atom is -0.501 e. The third-order valence-electron chi connectivity index (χ3n) is 1.17. The van der Waals surface area contributed by atoms with Gasteiger partial charge in [0.15, 0.2) is 5.78 Å². The number of aliphatic carboxylic acids is 2. The predicted molar refractivity (Wildman–Crippen MR) is 44.7 cm³/mol. The zero-order valence-electron chi connectivity index (χ0n) is 7.22. The summed E-state index contributed by atoms with van der Waals surface area (Å²) >= 11 is 0. The van der Waals surface area contributed by atoms with Gasteiger partial charge in [-0.1, -0.05) is 0 Å². The van der Waals surface area contributed by atoms with E-state index in [4.69, 9.17) is 15.3 Å². The number of aliphatic hydroxyl groups is 1. The molecule has 0 aliphatic heterocycles. The van der Waals surface area contributed by atoms with Crippen molar-refractivity contribution in [3.8, 4) is 0 Å². The van der Waals surface area contributed by atoms with Crippen LogP contribution in [0, 0.1) is 0 Å². The number of rotatable bonds is 4. The number of carbonyl (C=O) groups is 3. The third-order valence-corrected chi connectivity index (χ3v) is 1.17. The first kappa shape index (κ1) is 11.9. The molecule has 0 aromatic rings. The third kappa shape index (κ3) is 3.53. The number of aliphatic hydroxyl groups excluding tert-OH is 1. The normalized spacial score (nSPS) is 12.4. The lowest BCUT2D eigenvalue weighted by Gasteiger charge is -1.96. The highest BCUT2D eigenvalue weighted by Crippen LogP contribution is 2.04. The van der Waals surface area contributed by atoms with Crippen LogP contribution < -0.4 is 0 Å². The van der Waals surface area contributed by atoms with Crippen LogP contribution in [0.4, 0.5) is 0 Å². The zero-order chi connectivity index (χ0) is 11.3. The van der Waals surface area contributed by atoms with E-state index in [1.54, 1.807) is 0 Å². The van der Waals surface area contributed by atoms with Gasteiger partial charge < -0.3 is 15.3 Å². The molecule has 0 aromatic heterocycles. The van der Waals surface area contributed by atoms with Gasteiger partial charge in [-0.2, -0.15) is 0 Å². The Kier molecular flexibility index (Phi) is 4.08. The van der Waals surface area contributed by atoms with Crippen molar-refractivity contribution < 1.29 is 29.7 Å². The van der Waals surface area contributed by atoms with Crippen LogP contribution >= 0.6 is 0 Å². The highest BCUT2D eigenvalue weighted by atomic mass is 16.4. The van der Waals surface area contributed by atoms with Gasteiger partial charge in [-0.3, -0.25) is 4.79 Å². The van der Waals surface area contributed by atoms with E-state index < -0.39 is 29.1 Å². The molecule has 0 saturated carbocycles. The molecule has 0 saturated heterocycles. The Hall–Kier alpha value is -2.11. The Balaban J connectivity index is 5.16. The van der Waals surface area contributed by atoms with Gasteiger partial charge in [0.25, 0.3) is 0 Å². The summed E-state index contributed by atoms with van der Waals surface area (Å²) in [7, 11) is 0. The summed E-state index contributed by atoms with van der Waals surface area (Å²) in [5, 5.41) is 25.5. The van der Waals surface area contributed by atoms with Gasteiger partial charge >= 0.3 is 11.9 Å². The van der Waals surface area contributed by atoms with E-state index in [1.165, 1.54) is 0 Å². The number of carbonyl (C=O) groups excluding carboxylic acids is 1. The Morgan fingerprint density at radius 3 is 1.71 bits per heavy atom. The minimum atomic E-state index is -1.77. The van der Waals surface area contributed by atoms with Crippen molar-refractivity contribution in [2.45, 2.75) is 6.92 Å². The number of carboxylic acid groups (broad SMARTS) is 2. The van der Waals surface area contributed by atoms with Crippen LogP contribution in [0.2, 0.25) is 0 Å². The van der Waals surface area contributed by atoms with Gasteiger partial charge in [-0.15, -0.1) is 0 Å². The molecule has 0 heterocycles. The maximum absolute atomic E-state index is 10.4. The topological polar surface area (TPSA) is 112 Å². The first-order chi connectivity index (χ1) is 6.36. The van der Waals surface area contributed by atoms with Crippen LogP contribution in [0.15, 0.2) is 23.5 Å². The van der Waals surface area contributed by atoms with E-state index in [0.717, 1.165) is 19.1 Å². The number of hydrogen-bond donors (Lipinski definition) is 3. The lowest BCUT2D eigenvalue weighted by Crippen LogP contribution is -2.09. The first-order valence-corrected chi connectivity index (χ1v) is 3.44. The largest absolute Gasteiger partial charge is 0.501 e. The SMILES string of the molecule is CC(=O)/C=C/C(C(=O)O)=C(\O)C(=O)O. The Bertz CT molecular complexity index is 336. The molecule has 3 N–H and O–H groups in total. The van der Waals surface area contributed by atoms with Crippen LogP contribution in [-0.4, -0.2) is 33.0 Å². The van der Waals surface area contributed by atoms with Crippen molar-refractivity contribution in [3.63, 3.8) is 0 Å². The number of ketones is 1. The molecule has 0 spiro atoms. The van der Waals surface area contributed by atoms with Gasteiger partial charge in [-0.25, -0.2) is 9.59 Å². The van der Waals surface area contributed by atoms with E-state index in [-0.39, 0.29) is 0 Å². The second-order valence-electron chi connectivity index (χ2n) is 2.32. The molecular formula is C8H8O6. The number of carboxylic acids is 2. The highest BCUT2D eigenvalue weighted by Gasteiger charge is 2.16. The lowest BCUT2D eigenvalue weighted by atomic mass is 10.2. The quantitative estimate of drug-likeness (QED) is 0.337. The predicted octanol–water partition coefficient (Wildman–Crippen LogP) is 0.113. The molecule has 0 unspecified atom stereocenters. The van der Waals surface area contributed by atoms with Gasteiger partial charge in [0.2, 0.25) is 5.76 Å². The molecule has 76 valence electrons. The second-order valence-corrected chi connectivity index (χ2v) is 2.32. The van der Waals surface area contributed by atoms with E-state index in [2.05, 4.69) is 0 Å². The molecule has 0 bridgehead atoms. The van der Waals surface area contributed by atoms with Crippen molar-refractivity contribution in [3.05, 3.63) is 23.5 Å². The van der Waals surface area contributed by atoms with Gasteiger partial charge in [0.05, 0.1) is 0 Å². The van der Waals surface area contributed by atoms with Crippen molar-refractivity contribution >= 4 is 17.7 Å². The maximum atomic E-state index is 10.4. The Labute approximate surface area is 78.8 Å². The molecule has 0 aromatic carbocycles. The zero-order valence-corrected chi connectivity index (χ0v) is 7.22. The summed E-state index contributed by atoms with van der Waals surface area (Å²) in [6.45, 7) is 1.16. The molecule has 0 rings (SSSR count). The highest BCUT2D eigenvalue weighted by molar-refractivity contribution is 6.00. The number of allylic oxidation sites excluding steroid dienone is 1. The summed E-state index contributed by atoms with van der Waals surface area (Å²) in [5.74, 6) is -5.16. The molecule has 0 amide bonds. The lowest BCUT2D eigenvalue weighted by molar-refractivity contribution is -0.138. The molecular weight excluding hydrogens is 192 g/mol. The van der Waals surface area contributed by atoms with Crippen LogP contribution in [0.25, 0.3) is 0 Å². The molecule has 14 heavy (non-hydrogen) atoms.